The number of carbonyl (C=O) groups excluding carboxylic acids is 2. The number of thiophene rings is 1. The van der Waals surface area contributed by atoms with Crippen LogP contribution in [-0.4, -0.2) is 54.5 Å². The van der Waals surface area contributed by atoms with Crippen LogP contribution in [0.1, 0.15) is 28.6 Å². The van der Waals surface area contributed by atoms with E-state index in [9.17, 15) is 9.59 Å². The standard InChI is InChI=1S/C23H22N8O2S/c1-2-18(32)30-11-3-4-15(12-30)31-22-19(21(24)26-13-27-22)20(29-31)16-5-6-17(34-16)23(33)28-14-7-9-25-10-8-14/h2,5-10,13,15H,1,3-4,11-12H2,(H2,24,26,27)(H,25,28,33). The number of rotatable bonds is 5. The molecule has 0 bridgehead atoms. The summed E-state index contributed by atoms with van der Waals surface area (Å²) >= 11 is 1.31. The summed E-state index contributed by atoms with van der Waals surface area (Å²) in [5.41, 5.74) is 8.13. The molecule has 0 aromatic carbocycles. The molecule has 34 heavy (non-hydrogen) atoms. The Morgan fingerprint density at radius 1 is 1.21 bits per heavy atom. The van der Waals surface area contributed by atoms with Crippen molar-refractivity contribution in [2.24, 2.45) is 0 Å². The van der Waals surface area contributed by atoms with Crippen LogP contribution in [-0.2, 0) is 4.79 Å². The predicted octanol–water partition coefficient (Wildman–Crippen LogP) is 3.13. The Bertz CT molecular complexity index is 1380. The third-order valence-corrected chi connectivity index (χ3v) is 6.84. The van der Waals surface area contributed by atoms with Gasteiger partial charge in [-0.2, -0.15) is 5.10 Å². The van der Waals surface area contributed by atoms with Crippen molar-refractivity contribution in [1.29, 1.82) is 0 Å². The molecule has 172 valence electrons. The molecule has 1 aliphatic rings. The van der Waals surface area contributed by atoms with Gasteiger partial charge in [0.1, 0.15) is 17.8 Å². The van der Waals surface area contributed by atoms with E-state index in [-0.39, 0.29) is 17.9 Å². The molecular formula is C23H22N8O2S. The van der Waals surface area contributed by atoms with Gasteiger partial charge < -0.3 is 16.0 Å². The van der Waals surface area contributed by atoms with E-state index in [2.05, 4.69) is 26.8 Å². The van der Waals surface area contributed by atoms with E-state index in [0.29, 0.717) is 46.2 Å². The number of likely N-dealkylation sites (tertiary alicyclic amines) is 1. The Labute approximate surface area is 199 Å². The highest BCUT2D eigenvalue weighted by Crippen LogP contribution is 2.37. The summed E-state index contributed by atoms with van der Waals surface area (Å²) in [6.07, 6.45) is 7.68. The zero-order chi connectivity index (χ0) is 23.7. The molecule has 4 aromatic rings. The van der Waals surface area contributed by atoms with Gasteiger partial charge in [-0.1, -0.05) is 6.58 Å². The molecule has 0 aliphatic carbocycles. The molecule has 2 amide bonds. The zero-order valence-electron chi connectivity index (χ0n) is 18.2. The quantitative estimate of drug-likeness (QED) is 0.425. The number of nitrogens with one attached hydrogen (secondary N) is 1. The third-order valence-electron chi connectivity index (χ3n) is 5.75. The van der Waals surface area contributed by atoms with E-state index >= 15 is 0 Å². The van der Waals surface area contributed by atoms with Gasteiger partial charge in [0, 0.05) is 31.2 Å². The van der Waals surface area contributed by atoms with E-state index in [1.165, 1.54) is 23.7 Å². The van der Waals surface area contributed by atoms with Gasteiger partial charge in [0.15, 0.2) is 5.65 Å². The number of nitrogens with two attached hydrogens (primary N) is 1. The number of amides is 2. The van der Waals surface area contributed by atoms with Gasteiger partial charge >= 0.3 is 0 Å². The Morgan fingerprint density at radius 3 is 2.82 bits per heavy atom. The van der Waals surface area contributed by atoms with Gasteiger partial charge in [-0.25, -0.2) is 14.6 Å². The first-order chi connectivity index (χ1) is 16.5. The third kappa shape index (κ3) is 4.01. The molecule has 0 spiro atoms. The largest absolute Gasteiger partial charge is 0.383 e. The second-order valence-corrected chi connectivity index (χ2v) is 8.97. The van der Waals surface area contributed by atoms with Crippen molar-refractivity contribution in [3.63, 3.8) is 0 Å². The number of carbonyl (C=O) groups is 2. The number of piperidine rings is 1. The van der Waals surface area contributed by atoms with Gasteiger partial charge in [0.2, 0.25) is 5.91 Å². The number of fused-ring (bicyclic) bond motifs is 1. The van der Waals surface area contributed by atoms with Crippen LogP contribution in [0.15, 0.2) is 55.6 Å². The fourth-order valence-corrected chi connectivity index (χ4v) is 5.01. The predicted molar refractivity (Wildman–Crippen MR) is 130 cm³/mol. The first-order valence-electron chi connectivity index (χ1n) is 10.8. The minimum Gasteiger partial charge on any atom is -0.383 e. The first-order valence-corrected chi connectivity index (χ1v) is 11.6. The van der Waals surface area contributed by atoms with Gasteiger partial charge in [0.25, 0.3) is 5.91 Å². The molecule has 1 atom stereocenters. The van der Waals surface area contributed by atoms with Gasteiger partial charge in [0.05, 0.1) is 21.2 Å². The Morgan fingerprint density at radius 2 is 2.03 bits per heavy atom. The van der Waals surface area contributed by atoms with Crippen LogP contribution in [0.3, 0.4) is 0 Å². The Kier molecular flexibility index (Phi) is 5.76. The first kappa shape index (κ1) is 21.7. The number of nitrogen functional groups attached to an aromatic ring is 1. The number of anilines is 2. The number of hydrogen-bond donors (Lipinski definition) is 2. The maximum absolute atomic E-state index is 12.7. The smallest absolute Gasteiger partial charge is 0.265 e. The van der Waals surface area contributed by atoms with Crippen molar-refractivity contribution in [3.05, 3.63) is 60.5 Å². The second-order valence-electron chi connectivity index (χ2n) is 7.89. The Balaban J connectivity index is 1.50. The molecule has 1 fully saturated rings. The van der Waals surface area contributed by atoms with Gasteiger partial charge in [-0.05, 0) is 43.2 Å². The molecule has 3 N–H and O–H groups in total. The number of pyridine rings is 1. The summed E-state index contributed by atoms with van der Waals surface area (Å²) in [5, 5.41) is 8.36. The van der Waals surface area contributed by atoms with E-state index in [1.54, 1.807) is 35.5 Å². The van der Waals surface area contributed by atoms with Crippen molar-refractivity contribution in [1.82, 2.24) is 29.6 Å². The van der Waals surface area contributed by atoms with Crippen molar-refractivity contribution in [2.75, 3.05) is 24.1 Å². The highest BCUT2D eigenvalue weighted by atomic mass is 32.1. The summed E-state index contributed by atoms with van der Waals surface area (Å²) in [7, 11) is 0. The van der Waals surface area contributed by atoms with Crippen LogP contribution in [0.25, 0.3) is 21.6 Å². The molecular weight excluding hydrogens is 452 g/mol. The SMILES string of the molecule is C=CC(=O)N1CCCC(n2nc(-c3ccc(C(=O)Nc4ccncc4)s3)c3c(N)ncnc32)C1. The van der Waals surface area contributed by atoms with Crippen molar-refractivity contribution < 1.29 is 9.59 Å². The lowest BCUT2D eigenvalue weighted by atomic mass is 10.1. The minimum absolute atomic E-state index is 0.0578. The fraction of sp³-hybridized carbons (Fsp3) is 0.217. The normalized spacial score (nSPS) is 15.9. The van der Waals surface area contributed by atoms with Crippen LogP contribution in [0.2, 0.25) is 0 Å². The molecule has 0 saturated carbocycles. The average Bonchev–Trinajstić information content (AvgIpc) is 3.50. The summed E-state index contributed by atoms with van der Waals surface area (Å²) in [4.78, 5) is 40.6. The summed E-state index contributed by atoms with van der Waals surface area (Å²) in [6.45, 7) is 4.79. The lowest BCUT2D eigenvalue weighted by molar-refractivity contribution is -0.127. The number of hydrogen-bond acceptors (Lipinski definition) is 8. The van der Waals surface area contributed by atoms with Gasteiger partial charge in [-0.3, -0.25) is 14.6 Å². The van der Waals surface area contributed by atoms with Crippen LogP contribution >= 0.6 is 11.3 Å². The monoisotopic (exact) mass is 474 g/mol. The molecule has 1 unspecified atom stereocenters. The molecule has 1 aliphatic heterocycles. The van der Waals surface area contributed by atoms with E-state index in [1.807, 2.05) is 10.7 Å². The van der Waals surface area contributed by atoms with Crippen LogP contribution in [0.4, 0.5) is 11.5 Å². The zero-order valence-corrected chi connectivity index (χ0v) is 19.0. The number of nitrogens with zero attached hydrogens (tertiary/aromatic N) is 6. The molecule has 4 aromatic heterocycles. The molecule has 0 radical (unpaired) electrons. The van der Waals surface area contributed by atoms with Gasteiger partial charge in [-0.15, -0.1) is 11.3 Å². The van der Waals surface area contributed by atoms with E-state index < -0.39 is 0 Å². The van der Waals surface area contributed by atoms with Crippen molar-refractivity contribution in [3.8, 4) is 10.6 Å². The fourth-order valence-electron chi connectivity index (χ4n) is 4.12. The lowest BCUT2D eigenvalue weighted by Crippen LogP contribution is -2.40. The lowest BCUT2D eigenvalue weighted by Gasteiger charge is -2.32. The topological polar surface area (TPSA) is 132 Å². The molecule has 11 heteroatoms. The van der Waals surface area contributed by atoms with Crippen molar-refractivity contribution in [2.45, 2.75) is 18.9 Å². The summed E-state index contributed by atoms with van der Waals surface area (Å²) < 4.78 is 1.83. The summed E-state index contributed by atoms with van der Waals surface area (Å²) in [5.74, 6) is -0.00262. The maximum atomic E-state index is 12.7. The Hall–Kier alpha value is -4.12. The van der Waals surface area contributed by atoms with Crippen molar-refractivity contribution >= 4 is 45.7 Å². The maximum Gasteiger partial charge on any atom is 0.265 e. The second kappa shape index (κ2) is 9.02. The van der Waals surface area contributed by atoms with Crippen LogP contribution < -0.4 is 11.1 Å². The number of aromatic nitrogens is 5. The summed E-state index contributed by atoms with van der Waals surface area (Å²) in [6, 6.07) is 7.00. The van der Waals surface area contributed by atoms with Crippen LogP contribution in [0.5, 0.6) is 0 Å². The average molecular weight is 475 g/mol. The van der Waals surface area contributed by atoms with E-state index in [4.69, 9.17) is 10.8 Å². The van der Waals surface area contributed by atoms with Crippen LogP contribution in [0, 0.1) is 0 Å². The minimum atomic E-state index is -0.221. The molecule has 5 rings (SSSR count). The highest BCUT2D eigenvalue weighted by molar-refractivity contribution is 7.17. The molecule has 10 nitrogen and oxygen atoms in total. The molecule has 5 heterocycles. The highest BCUT2D eigenvalue weighted by Gasteiger charge is 2.28. The van der Waals surface area contributed by atoms with E-state index in [0.717, 1.165) is 17.7 Å². The molecule has 1 saturated heterocycles.